The second-order valence-corrected chi connectivity index (χ2v) is 5.78. The monoisotopic (exact) mass is 298 g/mol. The second-order valence-electron chi connectivity index (χ2n) is 5.78. The number of aryl methyl sites for hydroxylation is 1. The number of aliphatic carboxylic acids is 1. The molecule has 22 heavy (non-hydrogen) atoms. The average molecular weight is 298 g/mol. The Kier molecular flexibility index (Phi) is 3.79. The first-order valence-corrected chi connectivity index (χ1v) is 7.46. The van der Waals surface area contributed by atoms with Crippen molar-refractivity contribution in [1.29, 1.82) is 0 Å². The molecule has 3 rings (SSSR count). The number of nitrogens with one attached hydrogen (secondary N) is 1. The van der Waals surface area contributed by atoms with E-state index in [1.807, 2.05) is 31.2 Å². The van der Waals surface area contributed by atoms with Gasteiger partial charge in [-0.25, -0.2) is 0 Å². The van der Waals surface area contributed by atoms with Crippen LogP contribution >= 0.6 is 0 Å². The number of para-hydroxylation sites is 1. The van der Waals surface area contributed by atoms with Crippen LogP contribution in [0.2, 0.25) is 0 Å². The average Bonchev–Trinajstić information content (AvgIpc) is 2.94. The number of aromatic nitrogens is 1. The molecule has 0 spiro atoms. The summed E-state index contributed by atoms with van der Waals surface area (Å²) in [5.74, 6) is -1.54. The largest absolute Gasteiger partial charge is 0.481 e. The number of carboxylic acids is 1. The van der Waals surface area contributed by atoms with Gasteiger partial charge in [0, 0.05) is 17.1 Å². The number of fused-ring (bicyclic) bond motifs is 1. The molecule has 1 saturated carbocycles. The van der Waals surface area contributed by atoms with Crippen molar-refractivity contribution < 1.29 is 14.7 Å². The molecule has 0 saturated heterocycles. The highest BCUT2D eigenvalue weighted by atomic mass is 16.4. The summed E-state index contributed by atoms with van der Waals surface area (Å²) in [6.45, 7) is 1.85. The lowest BCUT2D eigenvalue weighted by Crippen LogP contribution is -2.40. The van der Waals surface area contributed by atoms with E-state index in [0.717, 1.165) is 23.0 Å². The quantitative estimate of drug-likeness (QED) is 0.912. The van der Waals surface area contributed by atoms with Crippen LogP contribution in [-0.2, 0) is 4.79 Å². The number of hydrogen-bond donors (Lipinski definition) is 2. The predicted octanol–water partition coefficient (Wildman–Crippen LogP) is 2.53. The summed E-state index contributed by atoms with van der Waals surface area (Å²) < 4.78 is 0. The number of pyridine rings is 1. The maximum atomic E-state index is 12.6. The minimum atomic E-state index is -0.835. The lowest BCUT2D eigenvalue weighted by Gasteiger charge is -2.18. The molecule has 2 N–H and O–H groups in total. The second kappa shape index (κ2) is 5.75. The molecule has 0 aliphatic heterocycles. The Morgan fingerprint density at radius 3 is 2.82 bits per heavy atom. The van der Waals surface area contributed by atoms with Gasteiger partial charge in [-0.1, -0.05) is 24.6 Å². The topological polar surface area (TPSA) is 79.3 Å². The molecule has 1 aliphatic rings. The highest BCUT2D eigenvalue weighted by Crippen LogP contribution is 2.27. The first-order valence-electron chi connectivity index (χ1n) is 7.46. The third-order valence-corrected chi connectivity index (χ3v) is 4.24. The fourth-order valence-corrected chi connectivity index (χ4v) is 3.17. The lowest BCUT2D eigenvalue weighted by molar-refractivity contribution is -0.142. The van der Waals surface area contributed by atoms with Gasteiger partial charge in [-0.05, 0) is 31.9 Å². The fourth-order valence-electron chi connectivity index (χ4n) is 3.17. The molecule has 0 unspecified atom stereocenters. The molecular formula is C17H18N2O3. The summed E-state index contributed by atoms with van der Waals surface area (Å²) in [7, 11) is 0. The van der Waals surface area contributed by atoms with Crippen molar-refractivity contribution >= 4 is 22.8 Å². The van der Waals surface area contributed by atoms with E-state index in [4.69, 9.17) is 0 Å². The van der Waals surface area contributed by atoms with E-state index in [9.17, 15) is 14.7 Å². The first kappa shape index (κ1) is 14.5. The van der Waals surface area contributed by atoms with Crippen LogP contribution in [0.25, 0.3) is 10.9 Å². The minimum absolute atomic E-state index is 0.222. The van der Waals surface area contributed by atoms with Gasteiger partial charge in [0.2, 0.25) is 0 Å². The van der Waals surface area contributed by atoms with Crippen LogP contribution < -0.4 is 5.32 Å². The number of hydrogen-bond acceptors (Lipinski definition) is 3. The van der Waals surface area contributed by atoms with E-state index in [-0.39, 0.29) is 11.9 Å². The van der Waals surface area contributed by atoms with Crippen LogP contribution in [0.1, 0.15) is 35.3 Å². The molecule has 1 heterocycles. The number of rotatable bonds is 3. The molecule has 0 bridgehead atoms. The number of carbonyl (C=O) groups excluding carboxylic acids is 1. The Bertz CT molecular complexity index is 742. The van der Waals surface area contributed by atoms with Crippen molar-refractivity contribution in [3.8, 4) is 0 Å². The van der Waals surface area contributed by atoms with Gasteiger partial charge in [-0.3, -0.25) is 14.6 Å². The third kappa shape index (κ3) is 2.66. The van der Waals surface area contributed by atoms with Crippen LogP contribution in [0.15, 0.2) is 30.3 Å². The maximum absolute atomic E-state index is 12.6. The summed E-state index contributed by atoms with van der Waals surface area (Å²) in [6.07, 6.45) is 2.17. The van der Waals surface area contributed by atoms with Crippen molar-refractivity contribution in [3.05, 3.63) is 41.6 Å². The normalized spacial score (nSPS) is 21.0. The van der Waals surface area contributed by atoms with Crippen molar-refractivity contribution in [3.63, 3.8) is 0 Å². The Morgan fingerprint density at radius 2 is 2.05 bits per heavy atom. The van der Waals surface area contributed by atoms with Crippen LogP contribution in [-0.4, -0.2) is 28.0 Å². The zero-order valence-corrected chi connectivity index (χ0v) is 12.4. The molecule has 5 heteroatoms. The summed E-state index contributed by atoms with van der Waals surface area (Å²) in [6, 6.07) is 8.94. The van der Waals surface area contributed by atoms with Crippen molar-refractivity contribution in [2.24, 2.45) is 5.92 Å². The summed E-state index contributed by atoms with van der Waals surface area (Å²) in [4.78, 5) is 28.3. The molecule has 1 aromatic carbocycles. The highest BCUT2D eigenvalue weighted by Gasteiger charge is 2.34. The SMILES string of the molecule is Cc1cc(C(=O)N[C@@H]2CCC[C@@H]2C(=O)O)c2ccccc2n1. The molecule has 2 aromatic rings. The van der Waals surface area contributed by atoms with Crippen LogP contribution in [0, 0.1) is 12.8 Å². The van der Waals surface area contributed by atoms with Gasteiger partial charge in [0.25, 0.3) is 5.91 Å². The van der Waals surface area contributed by atoms with Gasteiger partial charge in [0.1, 0.15) is 0 Å². The number of nitrogens with zero attached hydrogens (tertiary/aromatic N) is 1. The molecule has 1 amide bonds. The van der Waals surface area contributed by atoms with Crippen LogP contribution in [0.4, 0.5) is 0 Å². The molecule has 1 aliphatic carbocycles. The van der Waals surface area contributed by atoms with Gasteiger partial charge in [0.15, 0.2) is 0 Å². The number of carbonyl (C=O) groups is 2. The highest BCUT2D eigenvalue weighted by molar-refractivity contribution is 6.06. The predicted molar refractivity (Wildman–Crippen MR) is 82.7 cm³/mol. The minimum Gasteiger partial charge on any atom is -0.481 e. The lowest BCUT2D eigenvalue weighted by atomic mass is 10.0. The molecular weight excluding hydrogens is 280 g/mol. The zero-order chi connectivity index (χ0) is 15.7. The van der Waals surface area contributed by atoms with E-state index >= 15 is 0 Å². The van der Waals surface area contributed by atoms with E-state index < -0.39 is 11.9 Å². The molecule has 5 nitrogen and oxygen atoms in total. The fraction of sp³-hybridized carbons (Fsp3) is 0.353. The number of benzene rings is 1. The van der Waals surface area contributed by atoms with Gasteiger partial charge in [0.05, 0.1) is 17.0 Å². The molecule has 114 valence electrons. The van der Waals surface area contributed by atoms with E-state index in [1.54, 1.807) is 6.07 Å². The Labute approximate surface area is 128 Å². The standard InChI is InChI=1S/C17H18N2O3/c1-10-9-13(11-5-2-3-7-14(11)18-10)16(20)19-15-8-4-6-12(15)17(21)22/h2-3,5,7,9,12,15H,4,6,8H2,1H3,(H,19,20)(H,21,22)/t12-,15+/m0/s1. The summed E-state index contributed by atoms with van der Waals surface area (Å²) >= 11 is 0. The van der Waals surface area contributed by atoms with Gasteiger partial charge in [-0.2, -0.15) is 0 Å². The van der Waals surface area contributed by atoms with Gasteiger partial charge >= 0.3 is 5.97 Å². The smallest absolute Gasteiger partial charge is 0.308 e. The number of amides is 1. The Balaban J connectivity index is 1.91. The molecule has 1 aromatic heterocycles. The molecule has 1 fully saturated rings. The van der Waals surface area contributed by atoms with Gasteiger partial charge in [-0.15, -0.1) is 0 Å². The van der Waals surface area contributed by atoms with Gasteiger partial charge < -0.3 is 10.4 Å². The molecule has 0 radical (unpaired) electrons. The van der Waals surface area contributed by atoms with Crippen LogP contribution in [0.3, 0.4) is 0 Å². The first-order chi connectivity index (χ1) is 10.6. The maximum Gasteiger partial charge on any atom is 0.308 e. The van der Waals surface area contributed by atoms with Crippen molar-refractivity contribution in [1.82, 2.24) is 10.3 Å². The zero-order valence-electron chi connectivity index (χ0n) is 12.4. The third-order valence-electron chi connectivity index (χ3n) is 4.24. The Hall–Kier alpha value is -2.43. The number of carboxylic acid groups (broad SMARTS) is 1. The Morgan fingerprint density at radius 1 is 1.27 bits per heavy atom. The van der Waals surface area contributed by atoms with E-state index in [2.05, 4.69) is 10.3 Å². The summed E-state index contributed by atoms with van der Waals surface area (Å²) in [5.41, 5.74) is 2.10. The van der Waals surface area contributed by atoms with Crippen molar-refractivity contribution in [2.75, 3.05) is 0 Å². The summed E-state index contributed by atoms with van der Waals surface area (Å²) in [5, 5.41) is 12.9. The van der Waals surface area contributed by atoms with Crippen LogP contribution in [0.5, 0.6) is 0 Å². The van der Waals surface area contributed by atoms with Crippen molar-refractivity contribution in [2.45, 2.75) is 32.2 Å². The van der Waals surface area contributed by atoms with E-state index in [1.165, 1.54) is 0 Å². The molecule has 2 atom stereocenters. The van der Waals surface area contributed by atoms with E-state index in [0.29, 0.717) is 18.4 Å².